The molecule has 0 spiro atoms. The van der Waals surface area contributed by atoms with E-state index in [4.69, 9.17) is 0 Å². The zero-order chi connectivity index (χ0) is 14.2. The third-order valence-electron chi connectivity index (χ3n) is 4.22. The van der Waals surface area contributed by atoms with Crippen molar-refractivity contribution in [1.29, 1.82) is 0 Å². The van der Waals surface area contributed by atoms with E-state index in [1.807, 2.05) is 6.20 Å². The molecule has 1 heterocycles. The predicted molar refractivity (Wildman–Crippen MR) is 95.8 cm³/mol. The molecular formula is C18H15IN2. The summed E-state index contributed by atoms with van der Waals surface area (Å²) in [6.45, 7) is 0.953. The lowest BCUT2D eigenvalue weighted by molar-refractivity contribution is 0.635. The van der Waals surface area contributed by atoms with Crippen LogP contribution in [0.15, 0.2) is 54.7 Å². The van der Waals surface area contributed by atoms with Crippen molar-refractivity contribution in [3.63, 3.8) is 0 Å². The first-order valence-electron chi connectivity index (χ1n) is 7.18. The number of fused-ring (bicyclic) bond motifs is 2. The van der Waals surface area contributed by atoms with Crippen molar-refractivity contribution in [3.05, 3.63) is 69.4 Å². The van der Waals surface area contributed by atoms with Crippen molar-refractivity contribution in [3.8, 4) is 0 Å². The lowest BCUT2D eigenvalue weighted by Crippen LogP contribution is -2.24. The van der Waals surface area contributed by atoms with Crippen LogP contribution in [0.25, 0.3) is 10.8 Å². The number of aromatic nitrogens is 1. The Morgan fingerprint density at radius 1 is 1.05 bits per heavy atom. The molecule has 0 bridgehead atoms. The van der Waals surface area contributed by atoms with Crippen LogP contribution in [-0.2, 0) is 6.42 Å². The van der Waals surface area contributed by atoms with Gasteiger partial charge in [0.15, 0.2) is 0 Å². The van der Waals surface area contributed by atoms with Gasteiger partial charge in [-0.15, -0.1) is 0 Å². The lowest BCUT2D eigenvalue weighted by atomic mass is 9.77. The maximum atomic E-state index is 4.57. The van der Waals surface area contributed by atoms with E-state index in [2.05, 4.69) is 81.4 Å². The molecule has 1 aliphatic rings. The van der Waals surface area contributed by atoms with Crippen molar-refractivity contribution in [2.45, 2.75) is 12.3 Å². The Bertz CT molecular complexity index is 813. The fraction of sp³-hybridized carbons (Fsp3) is 0.167. The fourth-order valence-corrected chi connectivity index (χ4v) is 3.67. The lowest BCUT2D eigenvalue weighted by Gasteiger charge is -2.30. The largest absolute Gasteiger partial charge is 0.369 e. The Kier molecular flexibility index (Phi) is 3.30. The van der Waals surface area contributed by atoms with Gasteiger partial charge in [-0.25, -0.2) is 4.98 Å². The molecule has 0 amide bonds. The van der Waals surface area contributed by atoms with Crippen LogP contribution in [0.1, 0.15) is 17.0 Å². The normalized spacial score (nSPS) is 16.3. The zero-order valence-corrected chi connectivity index (χ0v) is 13.7. The van der Waals surface area contributed by atoms with E-state index in [1.165, 1.54) is 31.9 Å². The van der Waals surface area contributed by atoms with Gasteiger partial charge in [0.05, 0.1) is 0 Å². The van der Waals surface area contributed by atoms with Crippen molar-refractivity contribution in [1.82, 2.24) is 4.98 Å². The molecule has 1 aromatic heterocycles. The van der Waals surface area contributed by atoms with E-state index in [-0.39, 0.29) is 0 Å². The summed E-state index contributed by atoms with van der Waals surface area (Å²) in [6.07, 6.45) is 3.12. The summed E-state index contributed by atoms with van der Waals surface area (Å²) >= 11 is 2.35. The smallest absolute Gasteiger partial charge is 0.133 e. The van der Waals surface area contributed by atoms with E-state index in [0.29, 0.717) is 5.92 Å². The van der Waals surface area contributed by atoms with Crippen LogP contribution in [0, 0.1) is 3.57 Å². The molecule has 0 radical (unpaired) electrons. The average molecular weight is 386 g/mol. The van der Waals surface area contributed by atoms with Crippen molar-refractivity contribution < 1.29 is 0 Å². The quantitative estimate of drug-likeness (QED) is 0.666. The number of pyridine rings is 1. The maximum Gasteiger partial charge on any atom is 0.133 e. The third-order valence-corrected chi connectivity index (χ3v) is 5.08. The molecule has 1 atom stereocenters. The molecule has 0 saturated carbocycles. The number of anilines is 1. The molecule has 21 heavy (non-hydrogen) atoms. The SMILES string of the molecule is Ic1cnc(NCC2Cc3ccccc32)c2ccccc12. The highest BCUT2D eigenvalue weighted by atomic mass is 127. The average Bonchev–Trinajstić information content (AvgIpc) is 2.50. The van der Waals surface area contributed by atoms with E-state index in [0.717, 1.165) is 12.4 Å². The van der Waals surface area contributed by atoms with Gasteiger partial charge in [-0.1, -0.05) is 48.5 Å². The molecule has 0 saturated heterocycles. The minimum atomic E-state index is 0.612. The Morgan fingerprint density at radius 2 is 1.81 bits per heavy atom. The second-order valence-corrected chi connectivity index (χ2v) is 6.64. The van der Waals surface area contributed by atoms with Crippen LogP contribution in [0.2, 0.25) is 0 Å². The van der Waals surface area contributed by atoms with E-state index < -0.39 is 0 Å². The van der Waals surface area contributed by atoms with Crippen LogP contribution in [0.5, 0.6) is 0 Å². The van der Waals surface area contributed by atoms with Crippen LogP contribution < -0.4 is 5.32 Å². The molecule has 2 nitrogen and oxygen atoms in total. The number of nitrogens with one attached hydrogen (secondary N) is 1. The Balaban J connectivity index is 1.58. The van der Waals surface area contributed by atoms with Crippen LogP contribution in [0.4, 0.5) is 5.82 Å². The molecule has 3 aromatic rings. The van der Waals surface area contributed by atoms with Gasteiger partial charge in [0.1, 0.15) is 5.82 Å². The summed E-state index contributed by atoms with van der Waals surface area (Å²) in [7, 11) is 0. The summed E-state index contributed by atoms with van der Waals surface area (Å²) in [4.78, 5) is 4.57. The molecule has 1 N–H and O–H groups in total. The highest BCUT2D eigenvalue weighted by Gasteiger charge is 2.25. The summed E-state index contributed by atoms with van der Waals surface area (Å²) in [5.74, 6) is 1.61. The predicted octanol–water partition coefficient (Wildman–Crippen LogP) is 4.59. The van der Waals surface area contributed by atoms with Gasteiger partial charge in [-0.05, 0) is 40.1 Å². The van der Waals surface area contributed by atoms with Crippen molar-refractivity contribution in [2.24, 2.45) is 0 Å². The van der Waals surface area contributed by atoms with Crippen LogP contribution in [0.3, 0.4) is 0 Å². The minimum absolute atomic E-state index is 0.612. The first-order valence-corrected chi connectivity index (χ1v) is 8.26. The third kappa shape index (κ3) is 2.29. The van der Waals surface area contributed by atoms with Gasteiger partial charge in [0.2, 0.25) is 0 Å². The van der Waals surface area contributed by atoms with Gasteiger partial charge in [-0.3, -0.25) is 0 Å². The van der Waals surface area contributed by atoms with Crippen molar-refractivity contribution >= 4 is 39.2 Å². The molecule has 0 aliphatic heterocycles. The van der Waals surface area contributed by atoms with Gasteiger partial charge >= 0.3 is 0 Å². The Hall–Kier alpha value is -1.62. The Morgan fingerprint density at radius 3 is 2.67 bits per heavy atom. The zero-order valence-electron chi connectivity index (χ0n) is 11.5. The number of nitrogens with zero attached hydrogens (tertiary/aromatic N) is 1. The number of benzene rings is 2. The van der Waals surface area contributed by atoms with Crippen molar-refractivity contribution in [2.75, 3.05) is 11.9 Å². The van der Waals surface area contributed by atoms with Gasteiger partial charge in [0.25, 0.3) is 0 Å². The summed E-state index contributed by atoms with van der Waals surface area (Å²) in [5.41, 5.74) is 2.98. The van der Waals surface area contributed by atoms with Crippen LogP contribution >= 0.6 is 22.6 Å². The van der Waals surface area contributed by atoms with E-state index >= 15 is 0 Å². The number of hydrogen-bond donors (Lipinski definition) is 1. The number of halogens is 1. The van der Waals surface area contributed by atoms with Gasteiger partial charge < -0.3 is 5.32 Å². The molecule has 2 aromatic carbocycles. The standard InChI is InChI=1S/C18H15IN2/c19-17-11-21-18(16-8-4-3-7-15(16)17)20-10-13-9-12-5-1-2-6-14(12)13/h1-8,11,13H,9-10H2,(H,20,21). The minimum Gasteiger partial charge on any atom is -0.369 e. The highest BCUT2D eigenvalue weighted by molar-refractivity contribution is 14.1. The second-order valence-electron chi connectivity index (χ2n) is 5.48. The summed E-state index contributed by atoms with van der Waals surface area (Å²) in [6, 6.07) is 17.2. The highest BCUT2D eigenvalue weighted by Crippen LogP contribution is 2.35. The van der Waals surface area contributed by atoms with E-state index in [9.17, 15) is 0 Å². The molecule has 1 unspecified atom stereocenters. The number of rotatable bonds is 3. The topological polar surface area (TPSA) is 24.9 Å². The Labute approximate surface area is 137 Å². The van der Waals surface area contributed by atoms with Gasteiger partial charge in [-0.2, -0.15) is 0 Å². The molecule has 104 valence electrons. The van der Waals surface area contributed by atoms with E-state index in [1.54, 1.807) is 0 Å². The molecule has 1 aliphatic carbocycles. The first-order chi connectivity index (χ1) is 10.3. The first kappa shape index (κ1) is 13.1. The number of hydrogen-bond acceptors (Lipinski definition) is 2. The van der Waals surface area contributed by atoms with Gasteiger partial charge in [0, 0.05) is 33.0 Å². The molecule has 0 fully saturated rings. The molecular weight excluding hydrogens is 371 g/mol. The molecule has 3 heteroatoms. The second kappa shape index (κ2) is 5.30. The monoisotopic (exact) mass is 386 g/mol. The summed E-state index contributed by atoms with van der Waals surface area (Å²) < 4.78 is 1.20. The van der Waals surface area contributed by atoms with Crippen LogP contribution in [-0.4, -0.2) is 11.5 Å². The summed E-state index contributed by atoms with van der Waals surface area (Å²) in [5, 5.41) is 6.02. The molecule has 4 rings (SSSR count). The maximum absolute atomic E-state index is 4.57. The fourth-order valence-electron chi connectivity index (χ4n) is 3.06.